The molecule has 0 fully saturated rings. The highest BCUT2D eigenvalue weighted by molar-refractivity contribution is 5.94. The minimum atomic E-state index is -0.384. The third-order valence-electron chi connectivity index (χ3n) is 5.49. The number of carbonyl (C=O) groups excluding carboxylic acids is 1. The van der Waals surface area contributed by atoms with Crippen LogP contribution in [0.25, 0.3) is 11.0 Å². The Morgan fingerprint density at radius 2 is 2.04 bits per heavy atom. The largest absolute Gasteiger partial charge is 0.497 e. The number of nitrogens with zero attached hydrogens (tertiary/aromatic N) is 1. The molecule has 0 aliphatic carbocycles. The lowest BCUT2D eigenvalue weighted by Crippen LogP contribution is -2.35. The first-order chi connectivity index (χ1) is 13.6. The average molecular weight is 377 g/mol. The van der Waals surface area contributed by atoms with Crippen LogP contribution in [0.15, 0.2) is 51.7 Å². The molecule has 3 aromatic rings. The molecule has 1 amide bonds. The van der Waals surface area contributed by atoms with E-state index in [0.717, 1.165) is 36.0 Å². The fraction of sp³-hybridized carbons (Fsp3) is 0.304. The lowest BCUT2D eigenvalue weighted by molar-refractivity contribution is -0.118. The molecule has 0 radical (unpaired) electrons. The molecule has 0 unspecified atom stereocenters. The van der Waals surface area contributed by atoms with Gasteiger partial charge >= 0.3 is 5.63 Å². The third-order valence-corrected chi connectivity index (χ3v) is 5.49. The summed E-state index contributed by atoms with van der Waals surface area (Å²) >= 11 is 0. The quantitative estimate of drug-likeness (QED) is 0.644. The number of anilines is 1. The van der Waals surface area contributed by atoms with Gasteiger partial charge in [0, 0.05) is 35.7 Å². The molecule has 5 heteroatoms. The van der Waals surface area contributed by atoms with Gasteiger partial charge in [-0.15, -0.1) is 0 Å². The van der Waals surface area contributed by atoms with E-state index in [1.165, 1.54) is 5.56 Å². The highest BCUT2D eigenvalue weighted by Gasteiger charge is 2.22. The summed E-state index contributed by atoms with van der Waals surface area (Å²) in [7, 11) is 1.57. The number of para-hydroxylation sites is 1. The van der Waals surface area contributed by atoms with Gasteiger partial charge in [-0.2, -0.15) is 0 Å². The predicted octanol–water partition coefficient (Wildman–Crippen LogP) is 4.02. The van der Waals surface area contributed by atoms with Gasteiger partial charge in [-0.25, -0.2) is 4.79 Å². The van der Waals surface area contributed by atoms with Gasteiger partial charge in [0.25, 0.3) is 0 Å². The van der Waals surface area contributed by atoms with Gasteiger partial charge in [0.1, 0.15) is 11.3 Å². The molecule has 28 heavy (non-hydrogen) atoms. The smallest absolute Gasteiger partial charge is 0.339 e. The number of aryl methyl sites for hydroxylation is 2. The average Bonchev–Trinajstić information content (AvgIpc) is 2.72. The Kier molecular flexibility index (Phi) is 4.90. The number of carbonyl (C=O) groups is 1. The van der Waals surface area contributed by atoms with Gasteiger partial charge in [0.15, 0.2) is 0 Å². The molecule has 2 heterocycles. The number of ether oxygens (including phenoxy) is 1. The fourth-order valence-electron chi connectivity index (χ4n) is 3.95. The molecule has 2 aromatic carbocycles. The minimum Gasteiger partial charge on any atom is -0.497 e. The number of benzene rings is 2. The molecule has 0 spiro atoms. The second kappa shape index (κ2) is 7.50. The second-order valence-corrected chi connectivity index (χ2v) is 7.13. The van der Waals surface area contributed by atoms with Crippen LogP contribution in [-0.4, -0.2) is 19.6 Å². The van der Waals surface area contributed by atoms with Crippen LogP contribution >= 0.6 is 0 Å². The normalized spacial score (nSPS) is 13.4. The molecule has 5 nitrogen and oxygen atoms in total. The van der Waals surface area contributed by atoms with Crippen LogP contribution < -0.4 is 15.3 Å². The molecule has 1 aliphatic heterocycles. The molecule has 0 N–H and O–H groups in total. The predicted molar refractivity (Wildman–Crippen MR) is 109 cm³/mol. The van der Waals surface area contributed by atoms with Crippen molar-refractivity contribution in [1.29, 1.82) is 0 Å². The summed E-state index contributed by atoms with van der Waals surface area (Å²) in [6.07, 6.45) is 2.60. The van der Waals surface area contributed by atoms with Crippen LogP contribution in [0.3, 0.4) is 0 Å². The van der Waals surface area contributed by atoms with Crippen molar-refractivity contribution in [3.05, 3.63) is 69.6 Å². The monoisotopic (exact) mass is 377 g/mol. The van der Waals surface area contributed by atoms with Crippen molar-refractivity contribution in [2.24, 2.45) is 0 Å². The van der Waals surface area contributed by atoms with E-state index in [1.807, 2.05) is 42.2 Å². The van der Waals surface area contributed by atoms with Crippen LogP contribution in [0.1, 0.15) is 29.5 Å². The first kappa shape index (κ1) is 18.3. The highest BCUT2D eigenvalue weighted by atomic mass is 16.5. The number of fused-ring (bicyclic) bond motifs is 2. The van der Waals surface area contributed by atoms with Crippen molar-refractivity contribution in [2.45, 2.75) is 32.6 Å². The van der Waals surface area contributed by atoms with Crippen LogP contribution in [0.4, 0.5) is 5.69 Å². The van der Waals surface area contributed by atoms with Crippen molar-refractivity contribution in [3.63, 3.8) is 0 Å². The summed E-state index contributed by atoms with van der Waals surface area (Å²) in [6.45, 7) is 2.63. The van der Waals surface area contributed by atoms with Gasteiger partial charge < -0.3 is 14.1 Å². The zero-order chi connectivity index (χ0) is 19.7. The Bertz CT molecular complexity index is 1100. The number of methoxy groups -OCH3 is 1. The van der Waals surface area contributed by atoms with Crippen molar-refractivity contribution >= 4 is 22.6 Å². The Morgan fingerprint density at radius 3 is 2.86 bits per heavy atom. The standard InChI is InChI=1S/C23H23NO4/c1-15-18-10-9-17(27-2)14-21(18)28-23(26)19(15)11-12-22(25)24-13-5-7-16-6-3-4-8-20(16)24/h3-4,6,8-10,14H,5,7,11-13H2,1-2H3. The summed E-state index contributed by atoms with van der Waals surface area (Å²) in [4.78, 5) is 27.2. The fourth-order valence-corrected chi connectivity index (χ4v) is 3.95. The van der Waals surface area contributed by atoms with E-state index in [-0.39, 0.29) is 18.0 Å². The van der Waals surface area contributed by atoms with Crippen molar-refractivity contribution in [3.8, 4) is 5.75 Å². The van der Waals surface area contributed by atoms with Crippen LogP contribution in [0, 0.1) is 6.92 Å². The minimum absolute atomic E-state index is 0.0424. The van der Waals surface area contributed by atoms with E-state index in [4.69, 9.17) is 9.15 Å². The van der Waals surface area contributed by atoms with Crippen LogP contribution in [0.5, 0.6) is 5.75 Å². The Balaban J connectivity index is 1.58. The Hall–Kier alpha value is -3.08. The maximum Gasteiger partial charge on any atom is 0.339 e. The zero-order valence-corrected chi connectivity index (χ0v) is 16.2. The first-order valence-electron chi connectivity index (χ1n) is 9.57. The number of hydrogen-bond acceptors (Lipinski definition) is 4. The van der Waals surface area contributed by atoms with E-state index in [9.17, 15) is 9.59 Å². The van der Waals surface area contributed by atoms with Gasteiger partial charge in [0.05, 0.1) is 7.11 Å². The second-order valence-electron chi connectivity index (χ2n) is 7.13. The summed E-state index contributed by atoms with van der Waals surface area (Å²) in [5.41, 5.74) is 3.75. The number of rotatable bonds is 4. The number of amides is 1. The van der Waals surface area contributed by atoms with Crippen molar-refractivity contribution in [2.75, 3.05) is 18.6 Å². The van der Waals surface area contributed by atoms with E-state index >= 15 is 0 Å². The highest BCUT2D eigenvalue weighted by Crippen LogP contribution is 2.28. The van der Waals surface area contributed by atoms with Crippen LogP contribution in [0.2, 0.25) is 0 Å². The van der Waals surface area contributed by atoms with Gasteiger partial charge in [-0.1, -0.05) is 18.2 Å². The van der Waals surface area contributed by atoms with E-state index in [2.05, 4.69) is 6.07 Å². The molecule has 1 aromatic heterocycles. The Labute approximate surface area is 163 Å². The maximum atomic E-state index is 12.9. The molecule has 0 saturated heterocycles. The van der Waals surface area contributed by atoms with Crippen LogP contribution in [-0.2, 0) is 17.6 Å². The van der Waals surface area contributed by atoms with Gasteiger partial charge in [-0.3, -0.25) is 4.79 Å². The summed E-state index contributed by atoms with van der Waals surface area (Å²) in [5.74, 6) is 0.683. The molecular weight excluding hydrogens is 354 g/mol. The molecule has 1 aliphatic rings. The summed E-state index contributed by atoms with van der Waals surface area (Å²) in [5, 5.41) is 0.867. The molecule has 0 bridgehead atoms. The lowest BCUT2D eigenvalue weighted by Gasteiger charge is -2.29. The van der Waals surface area contributed by atoms with Crippen molar-refractivity contribution in [1.82, 2.24) is 0 Å². The summed E-state index contributed by atoms with van der Waals surface area (Å²) < 4.78 is 10.7. The molecule has 0 saturated carbocycles. The van der Waals surface area contributed by atoms with Crippen molar-refractivity contribution < 1.29 is 13.9 Å². The lowest BCUT2D eigenvalue weighted by atomic mass is 9.99. The van der Waals surface area contributed by atoms with E-state index in [0.29, 0.717) is 23.3 Å². The Morgan fingerprint density at radius 1 is 1.21 bits per heavy atom. The molecular formula is C23H23NO4. The van der Waals surface area contributed by atoms with Gasteiger partial charge in [-0.05, 0) is 55.5 Å². The third kappa shape index (κ3) is 3.28. The topological polar surface area (TPSA) is 59.8 Å². The van der Waals surface area contributed by atoms with E-state index in [1.54, 1.807) is 13.2 Å². The molecule has 4 rings (SSSR count). The van der Waals surface area contributed by atoms with Gasteiger partial charge in [0.2, 0.25) is 5.91 Å². The molecule has 0 atom stereocenters. The first-order valence-corrected chi connectivity index (χ1v) is 9.57. The number of hydrogen-bond donors (Lipinski definition) is 0. The summed E-state index contributed by atoms with van der Waals surface area (Å²) in [6, 6.07) is 13.5. The van der Waals surface area contributed by atoms with E-state index < -0.39 is 0 Å². The SMILES string of the molecule is COc1ccc2c(C)c(CCC(=O)N3CCCc4ccccc43)c(=O)oc2c1. The maximum absolute atomic E-state index is 12.9. The molecule has 144 valence electrons. The zero-order valence-electron chi connectivity index (χ0n) is 16.2.